The third kappa shape index (κ3) is 3.82. The van der Waals surface area contributed by atoms with Crippen molar-refractivity contribution in [3.8, 4) is 11.5 Å². The zero-order valence-electron chi connectivity index (χ0n) is 17.0. The van der Waals surface area contributed by atoms with Crippen LogP contribution in [0.5, 0.6) is 11.5 Å². The molecule has 2 aromatic carbocycles. The molecule has 158 valence electrons. The highest BCUT2D eigenvalue weighted by molar-refractivity contribution is 7.89. The van der Waals surface area contributed by atoms with Crippen molar-refractivity contribution in [2.45, 2.75) is 36.5 Å². The van der Waals surface area contributed by atoms with E-state index >= 15 is 0 Å². The largest absolute Gasteiger partial charge is 0.493 e. The molecule has 7 heteroatoms. The molecule has 0 N–H and O–H groups in total. The number of rotatable bonds is 6. The molecular formula is C23H25NO5S. The van der Waals surface area contributed by atoms with E-state index in [9.17, 15) is 8.42 Å². The summed E-state index contributed by atoms with van der Waals surface area (Å²) in [5.41, 5.74) is 1.78. The monoisotopic (exact) mass is 427 g/mol. The molecule has 2 aromatic rings. The minimum absolute atomic E-state index is 0.0392. The fraction of sp³-hybridized carbons (Fsp3) is 0.304. The summed E-state index contributed by atoms with van der Waals surface area (Å²) in [6.07, 6.45) is 9.39. The van der Waals surface area contributed by atoms with Crippen molar-refractivity contribution >= 4 is 16.1 Å². The molecule has 6 nitrogen and oxygen atoms in total. The van der Waals surface area contributed by atoms with Crippen LogP contribution in [-0.2, 0) is 14.8 Å². The van der Waals surface area contributed by atoms with Crippen LogP contribution in [-0.4, -0.2) is 33.0 Å². The Hall–Kier alpha value is -2.77. The molecule has 1 aliphatic carbocycles. The smallest absolute Gasteiger partial charge is 0.266 e. The van der Waals surface area contributed by atoms with Crippen molar-refractivity contribution in [2.75, 3.05) is 14.2 Å². The highest BCUT2D eigenvalue weighted by atomic mass is 32.2. The van der Waals surface area contributed by atoms with Crippen LogP contribution < -0.4 is 9.47 Å². The molecule has 0 amide bonds. The number of nitrogens with zero attached hydrogens (tertiary/aromatic N) is 1. The third-order valence-corrected chi connectivity index (χ3v) is 7.08. The van der Waals surface area contributed by atoms with Gasteiger partial charge in [0, 0.05) is 17.8 Å². The zero-order valence-corrected chi connectivity index (χ0v) is 17.8. The summed E-state index contributed by atoms with van der Waals surface area (Å²) in [6, 6.07) is 12.3. The standard InChI is InChI=1S/C23H25NO5S/c1-27-21-13-12-19(16-22(21)28-2)30(25,26)24-15-14-17-8-6-7-11-20(17)23(24)29-18-9-4-3-5-10-18/h3-4,6-8,11-16,18,23H,5,9-10H2,1-2H3. The van der Waals surface area contributed by atoms with Crippen LogP contribution in [0.25, 0.3) is 6.08 Å². The van der Waals surface area contributed by atoms with Gasteiger partial charge in [0.05, 0.1) is 25.2 Å². The van der Waals surface area contributed by atoms with E-state index in [1.54, 1.807) is 18.3 Å². The summed E-state index contributed by atoms with van der Waals surface area (Å²) >= 11 is 0. The Morgan fingerprint density at radius 3 is 2.53 bits per heavy atom. The number of fused-ring (bicyclic) bond motifs is 1. The highest BCUT2D eigenvalue weighted by Gasteiger charge is 2.36. The average molecular weight is 428 g/mol. The maximum absolute atomic E-state index is 13.6. The van der Waals surface area contributed by atoms with Crippen molar-refractivity contribution in [2.24, 2.45) is 0 Å². The summed E-state index contributed by atoms with van der Waals surface area (Å²) in [4.78, 5) is 0.112. The van der Waals surface area contributed by atoms with Crippen LogP contribution in [0.4, 0.5) is 0 Å². The topological polar surface area (TPSA) is 65.1 Å². The lowest BCUT2D eigenvalue weighted by molar-refractivity contribution is -0.0619. The molecule has 0 saturated carbocycles. The van der Waals surface area contributed by atoms with E-state index in [-0.39, 0.29) is 11.0 Å². The molecule has 1 aliphatic heterocycles. The van der Waals surface area contributed by atoms with Gasteiger partial charge in [-0.3, -0.25) is 0 Å². The van der Waals surface area contributed by atoms with Gasteiger partial charge in [-0.2, -0.15) is 0 Å². The van der Waals surface area contributed by atoms with E-state index in [4.69, 9.17) is 14.2 Å². The number of ether oxygens (including phenoxy) is 3. The first kappa shape index (κ1) is 20.5. The van der Waals surface area contributed by atoms with Crippen molar-refractivity contribution in [3.05, 3.63) is 71.9 Å². The van der Waals surface area contributed by atoms with E-state index in [0.717, 1.165) is 30.4 Å². The molecular weight excluding hydrogens is 402 g/mol. The second-order valence-corrected chi connectivity index (χ2v) is 9.03. The molecule has 0 radical (unpaired) electrons. The summed E-state index contributed by atoms with van der Waals surface area (Å²) in [6.45, 7) is 0. The quantitative estimate of drug-likeness (QED) is 0.635. The van der Waals surface area contributed by atoms with Gasteiger partial charge in [-0.05, 0) is 43.0 Å². The lowest BCUT2D eigenvalue weighted by Crippen LogP contribution is -2.36. The summed E-state index contributed by atoms with van der Waals surface area (Å²) < 4.78 is 45.4. The lowest BCUT2D eigenvalue weighted by Gasteiger charge is -2.36. The predicted octanol–water partition coefficient (Wildman–Crippen LogP) is 4.50. The van der Waals surface area contributed by atoms with Gasteiger partial charge in [0.1, 0.15) is 0 Å². The normalized spacial score (nSPS) is 20.7. The Labute approximate surface area is 177 Å². The second kappa shape index (κ2) is 8.53. The van der Waals surface area contributed by atoms with Crippen LogP contribution >= 0.6 is 0 Å². The van der Waals surface area contributed by atoms with Crippen molar-refractivity contribution in [1.29, 1.82) is 0 Å². The van der Waals surface area contributed by atoms with Crippen LogP contribution in [0.15, 0.2) is 65.7 Å². The Bertz CT molecular complexity index is 1080. The summed E-state index contributed by atoms with van der Waals surface area (Å²) in [5, 5.41) is 0. The molecule has 0 spiro atoms. The van der Waals surface area contributed by atoms with Gasteiger partial charge in [-0.15, -0.1) is 0 Å². The lowest BCUT2D eigenvalue weighted by atomic mass is 10.0. The van der Waals surface area contributed by atoms with Crippen LogP contribution in [0, 0.1) is 0 Å². The van der Waals surface area contributed by atoms with Gasteiger partial charge < -0.3 is 14.2 Å². The Morgan fingerprint density at radius 1 is 1.00 bits per heavy atom. The van der Waals surface area contributed by atoms with Crippen molar-refractivity contribution in [3.63, 3.8) is 0 Å². The number of hydrogen-bond donors (Lipinski definition) is 0. The van der Waals surface area contributed by atoms with Gasteiger partial charge in [0.2, 0.25) is 0 Å². The minimum atomic E-state index is -3.89. The van der Waals surface area contributed by atoms with Gasteiger partial charge in [0.15, 0.2) is 17.7 Å². The first-order valence-electron chi connectivity index (χ1n) is 9.87. The van der Waals surface area contributed by atoms with Gasteiger partial charge >= 0.3 is 0 Å². The maximum Gasteiger partial charge on any atom is 0.266 e. The molecule has 1 heterocycles. The molecule has 2 atom stereocenters. The summed E-state index contributed by atoms with van der Waals surface area (Å²) in [7, 11) is -0.902. The first-order chi connectivity index (χ1) is 14.5. The van der Waals surface area contributed by atoms with E-state index < -0.39 is 16.3 Å². The predicted molar refractivity (Wildman–Crippen MR) is 115 cm³/mol. The van der Waals surface area contributed by atoms with Crippen LogP contribution in [0.2, 0.25) is 0 Å². The molecule has 0 aromatic heterocycles. The number of hydrogen-bond acceptors (Lipinski definition) is 5. The van der Waals surface area contributed by atoms with Gasteiger partial charge in [-0.25, -0.2) is 12.7 Å². The molecule has 4 rings (SSSR count). The van der Waals surface area contributed by atoms with Crippen molar-refractivity contribution in [1.82, 2.24) is 4.31 Å². The van der Waals surface area contributed by atoms with Gasteiger partial charge in [0.25, 0.3) is 10.0 Å². The van der Waals surface area contributed by atoms with Crippen LogP contribution in [0.1, 0.15) is 36.6 Å². The average Bonchev–Trinajstić information content (AvgIpc) is 2.79. The number of allylic oxidation sites excluding steroid dienone is 1. The molecule has 0 fully saturated rings. The second-order valence-electron chi connectivity index (χ2n) is 7.19. The molecule has 0 bridgehead atoms. The minimum Gasteiger partial charge on any atom is -0.493 e. The number of methoxy groups -OCH3 is 2. The van der Waals surface area contributed by atoms with E-state index in [2.05, 4.69) is 12.2 Å². The Morgan fingerprint density at radius 2 is 1.80 bits per heavy atom. The van der Waals surface area contributed by atoms with E-state index in [1.807, 2.05) is 24.3 Å². The highest BCUT2D eigenvalue weighted by Crippen LogP contribution is 2.39. The Balaban J connectivity index is 1.74. The zero-order chi connectivity index (χ0) is 21.1. The van der Waals surface area contributed by atoms with E-state index in [0.29, 0.717) is 11.5 Å². The Kier molecular flexibility index (Phi) is 5.83. The molecule has 2 unspecified atom stereocenters. The SMILES string of the molecule is COc1ccc(S(=O)(=O)N2C=Cc3ccccc3C2OC2CC=CCC2)cc1OC. The van der Waals surface area contributed by atoms with Crippen LogP contribution in [0.3, 0.4) is 0 Å². The van der Waals surface area contributed by atoms with Gasteiger partial charge in [-0.1, -0.05) is 36.4 Å². The molecule has 2 aliphatic rings. The number of benzene rings is 2. The first-order valence-corrected chi connectivity index (χ1v) is 11.3. The van der Waals surface area contributed by atoms with E-state index in [1.165, 1.54) is 30.7 Å². The fourth-order valence-electron chi connectivity index (χ4n) is 3.77. The third-order valence-electron chi connectivity index (χ3n) is 5.37. The fourth-order valence-corrected chi connectivity index (χ4v) is 5.14. The molecule has 0 saturated heterocycles. The molecule has 30 heavy (non-hydrogen) atoms. The maximum atomic E-state index is 13.6. The summed E-state index contributed by atoms with van der Waals surface area (Å²) in [5.74, 6) is 0.827. The number of sulfonamides is 1. The van der Waals surface area contributed by atoms with Crippen molar-refractivity contribution < 1.29 is 22.6 Å².